The highest BCUT2D eigenvalue weighted by Crippen LogP contribution is 2.40. The van der Waals surface area contributed by atoms with Gasteiger partial charge in [0.25, 0.3) is 0 Å². The van der Waals surface area contributed by atoms with Crippen LogP contribution < -0.4 is 35.6 Å². The lowest BCUT2D eigenvalue weighted by Gasteiger charge is -2.46. The number of hydrogen-bond acceptors (Lipinski definition) is 16. The Kier molecular flexibility index (Phi) is 19.0. The summed E-state index contributed by atoms with van der Waals surface area (Å²) in [5.74, 6) is 0.316. The van der Waals surface area contributed by atoms with Crippen molar-refractivity contribution in [1.82, 2.24) is 70.8 Å². The van der Waals surface area contributed by atoms with E-state index in [4.69, 9.17) is 34.8 Å². The summed E-state index contributed by atoms with van der Waals surface area (Å²) < 4.78 is 25.5. The Morgan fingerprint density at radius 1 is 0.659 bits per heavy atom. The van der Waals surface area contributed by atoms with Gasteiger partial charge < -0.3 is 35.6 Å². The van der Waals surface area contributed by atoms with Crippen LogP contribution in [-0.4, -0.2) is 204 Å². The first-order valence-electron chi connectivity index (χ1n) is 29.4. The summed E-state index contributed by atoms with van der Waals surface area (Å²) in [6.07, 6.45) is 11.8. The maximum Gasteiger partial charge on any atom is 0.241 e. The third-order valence-corrected chi connectivity index (χ3v) is 20.0. The first-order valence-corrected chi connectivity index (χ1v) is 32.4. The number of piperidine rings is 2. The molecule has 7 N–H and O–H groups in total. The molecule has 13 rings (SSSR count). The first kappa shape index (κ1) is 63.6. The number of carbonyl (C=O) groups excluding carboxylic acids is 3. The molecule has 9 heterocycles. The van der Waals surface area contributed by atoms with Gasteiger partial charge in [-0.15, -0.1) is 0 Å². The number of anilines is 4. The van der Waals surface area contributed by atoms with Crippen molar-refractivity contribution < 1.29 is 22.8 Å². The number of amides is 3. The van der Waals surface area contributed by atoms with E-state index in [-0.39, 0.29) is 28.7 Å². The van der Waals surface area contributed by atoms with Crippen molar-refractivity contribution >= 4 is 129 Å². The Bertz CT molecular complexity index is 3980. The molecule has 28 heteroatoms. The minimum absolute atomic E-state index is 0.0277. The van der Waals surface area contributed by atoms with Crippen LogP contribution in [0, 0.1) is 16.7 Å². The molecule has 1 spiro atoms. The SMILES string of the molecule is CC(=O)NCCN1CCN(c2cc(Cl)cc3[nH]ncc23)CC1.CC1(C)CN(c2ccc(C#N)c3[nH]ncc23)CCN1S(C)(=O)=O.CN1CNC(=O)C12CCN(c1cc(Cl)cc3[nH]ncc13)CC2.CNC(=O)C1(C)CCN(c2cc(Cl)cc3[nH]ncc23)CC1. The number of likely N-dealkylation sites (N-methyl/N-ethyl adjacent to an activating group) is 1. The summed E-state index contributed by atoms with van der Waals surface area (Å²) in [5, 5.41) is 52.1. The fourth-order valence-electron chi connectivity index (χ4n) is 12.9. The smallest absolute Gasteiger partial charge is 0.241 e. The van der Waals surface area contributed by atoms with Gasteiger partial charge in [-0.3, -0.25) is 44.6 Å². The van der Waals surface area contributed by atoms with E-state index in [2.05, 4.69) is 92.2 Å². The topological polar surface area (TPSA) is 283 Å². The van der Waals surface area contributed by atoms with E-state index >= 15 is 0 Å². The molecule has 0 atom stereocenters. The lowest BCUT2D eigenvalue weighted by molar-refractivity contribution is -0.130. The van der Waals surface area contributed by atoms with Crippen LogP contribution >= 0.6 is 34.8 Å². The largest absolute Gasteiger partial charge is 0.371 e. The molecule has 5 fully saturated rings. The Balaban J connectivity index is 0.000000130. The lowest BCUT2D eigenvalue weighted by atomic mass is 9.79. The van der Waals surface area contributed by atoms with Crippen LogP contribution in [0.1, 0.15) is 58.9 Å². The minimum Gasteiger partial charge on any atom is -0.371 e. The molecule has 4 aromatic heterocycles. The second kappa shape index (κ2) is 26.3. The number of benzene rings is 4. The average Bonchev–Trinajstić information content (AvgIpc) is 3.61. The zero-order valence-corrected chi connectivity index (χ0v) is 53.7. The average molecular weight is 1280 g/mol. The molecule has 5 aliphatic rings. The van der Waals surface area contributed by atoms with Crippen LogP contribution in [0.15, 0.2) is 73.3 Å². The summed E-state index contributed by atoms with van der Waals surface area (Å²) in [6.45, 7) is 18.5. The number of H-pyrrole nitrogens is 4. The third kappa shape index (κ3) is 13.6. The van der Waals surface area contributed by atoms with Crippen molar-refractivity contribution in [3.8, 4) is 6.07 Å². The van der Waals surface area contributed by atoms with Crippen LogP contribution in [-0.2, 0) is 24.4 Å². The van der Waals surface area contributed by atoms with Gasteiger partial charge in [0.1, 0.15) is 11.6 Å². The second-order valence-electron chi connectivity index (χ2n) is 24.1. The molecule has 0 aliphatic carbocycles. The maximum atomic E-state index is 12.2. The van der Waals surface area contributed by atoms with Gasteiger partial charge in [0.2, 0.25) is 27.7 Å². The van der Waals surface area contributed by atoms with Crippen molar-refractivity contribution in [1.29, 1.82) is 5.26 Å². The molecule has 0 unspecified atom stereocenters. The predicted molar refractivity (Wildman–Crippen MR) is 348 cm³/mol. The van der Waals surface area contributed by atoms with E-state index in [9.17, 15) is 28.1 Å². The molecule has 0 radical (unpaired) electrons. The van der Waals surface area contributed by atoms with Gasteiger partial charge in [-0.05, 0) is 95.1 Å². The summed E-state index contributed by atoms with van der Waals surface area (Å²) >= 11 is 18.6. The number of sulfonamides is 1. The number of nitrogens with zero attached hydrogens (tertiary/aromatic N) is 12. The highest BCUT2D eigenvalue weighted by atomic mass is 35.5. The first-order chi connectivity index (χ1) is 42.0. The number of hydrogen-bond donors (Lipinski definition) is 7. The molecule has 468 valence electrons. The molecule has 3 amide bonds. The number of nitrogens with one attached hydrogen (secondary N) is 7. The van der Waals surface area contributed by atoms with Gasteiger partial charge in [-0.2, -0.15) is 30.0 Å². The predicted octanol–water partition coefficient (Wildman–Crippen LogP) is 6.91. The van der Waals surface area contributed by atoms with E-state index < -0.39 is 15.6 Å². The van der Waals surface area contributed by atoms with Gasteiger partial charge in [0.05, 0.1) is 65.3 Å². The van der Waals surface area contributed by atoms with E-state index in [1.807, 2.05) is 88.9 Å². The highest BCUT2D eigenvalue weighted by molar-refractivity contribution is 7.88. The van der Waals surface area contributed by atoms with Crippen molar-refractivity contribution in [2.45, 2.75) is 64.5 Å². The summed E-state index contributed by atoms with van der Waals surface area (Å²) in [6, 6.07) is 17.5. The molecule has 5 saturated heterocycles. The Morgan fingerprint density at radius 3 is 1.59 bits per heavy atom. The van der Waals surface area contributed by atoms with Crippen LogP contribution in [0.4, 0.5) is 22.7 Å². The normalized spacial score (nSPS) is 18.7. The number of carbonyl (C=O) groups is 3. The van der Waals surface area contributed by atoms with Crippen LogP contribution in [0.2, 0.25) is 15.1 Å². The third-order valence-electron chi connectivity index (χ3n) is 17.8. The number of halogens is 3. The molecule has 88 heavy (non-hydrogen) atoms. The Morgan fingerprint density at radius 2 is 1.14 bits per heavy atom. The van der Waals surface area contributed by atoms with E-state index in [0.29, 0.717) is 54.0 Å². The number of aromatic amines is 4. The molecule has 5 aliphatic heterocycles. The Hall–Kier alpha value is -7.44. The summed E-state index contributed by atoms with van der Waals surface area (Å²) in [4.78, 5) is 48.7. The molecule has 0 saturated carbocycles. The maximum absolute atomic E-state index is 12.2. The monoisotopic (exact) mass is 1280 g/mol. The zero-order valence-electron chi connectivity index (χ0n) is 50.6. The zero-order chi connectivity index (χ0) is 62.7. The molecule has 8 aromatic rings. The molecular formula is C60H76Cl3N19O5S. The Labute approximate surface area is 526 Å². The molecule has 24 nitrogen and oxygen atoms in total. The number of fused-ring (bicyclic) bond motifs is 4. The standard InChI is InChI=1S/C15H18ClN5O.C15H20ClN5O.C15H19ClN4O.C15H19N5O2S/c1-20-9-17-14(22)15(20)2-4-21(5-3-15)13-7-10(16)6-12-11(13)8-18-19-12;1-11(22)17-2-3-20-4-6-21(7-5-20)15-9-12(16)8-14-13(15)10-18-19-14;1-15(14(21)17-2)3-5-20(6-4-15)13-8-10(16)7-12-11(13)9-18-19-12;1-15(2)10-19(6-7-20(15)23(3,21)22)13-5-4-11(8-16)14-12(13)9-17-18-14/h6-8H,2-5,9H2,1H3,(H,17,22)(H,18,19);8-10H,2-7H2,1H3,(H,17,22)(H,18,19);7-9H,3-6H2,1-2H3,(H,17,21)(H,18,19);4-5,9H,6-7,10H2,1-3H3,(H,17,18). The second-order valence-corrected chi connectivity index (χ2v) is 27.3. The van der Waals surface area contributed by atoms with Crippen molar-refractivity contribution in [3.63, 3.8) is 0 Å². The fraction of sp³-hybridized carbons (Fsp3) is 0.467. The van der Waals surface area contributed by atoms with Crippen molar-refractivity contribution in [3.05, 3.63) is 93.9 Å². The van der Waals surface area contributed by atoms with E-state index in [1.54, 1.807) is 30.5 Å². The van der Waals surface area contributed by atoms with Crippen LogP contribution in [0.5, 0.6) is 0 Å². The number of rotatable bonds is 9. The molecule has 0 bridgehead atoms. The van der Waals surface area contributed by atoms with Gasteiger partial charge >= 0.3 is 0 Å². The van der Waals surface area contributed by atoms with Gasteiger partial charge in [-0.25, -0.2) is 8.42 Å². The van der Waals surface area contributed by atoms with Crippen LogP contribution in [0.3, 0.4) is 0 Å². The molecule has 4 aromatic carbocycles. The van der Waals surface area contributed by atoms with E-state index in [0.717, 1.165) is 150 Å². The number of piperazine rings is 2. The summed E-state index contributed by atoms with van der Waals surface area (Å²) in [5.41, 5.74) is 7.28. The van der Waals surface area contributed by atoms with Gasteiger partial charge in [0.15, 0.2) is 0 Å². The van der Waals surface area contributed by atoms with Gasteiger partial charge in [-0.1, -0.05) is 41.7 Å². The van der Waals surface area contributed by atoms with Gasteiger partial charge in [0, 0.05) is 169 Å². The fourth-order valence-corrected chi connectivity index (χ4v) is 14.9. The van der Waals surface area contributed by atoms with E-state index in [1.165, 1.54) is 6.26 Å². The van der Waals surface area contributed by atoms with Crippen molar-refractivity contribution in [2.75, 3.05) is 132 Å². The molecular weight excluding hydrogens is 1210 g/mol. The highest BCUT2D eigenvalue weighted by Gasteiger charge is 2.49. The lowest BCUT2D eigenvalue weighted by Crippen LogP contribution is -2.60. The number of nitriles is 1. The number of aromatic nitrogens is 8. The quantitative estimate of drug-likeness (QED) is 0.0773. The summed E-state index contributed by atoms with van der Waals surface area (Å²) in [7, 11) is 0.479. The van der Waals surface area contributed by atoms with Crippen LogP contribution in [0.25, 0.3) is 43.6 Å². The van der Waals surface area contributed by atoms with Crippen molar-refractivity contribution in [2.24, 2.45) is 5.41 Å². The minimum atomic E-state index is -3.24.